The van der Waals surface area contributed by atoms with Gasteiger partial charge in [-0.15, -0.1) is 23.1 Å². The Labute approximate surface area is 122 Å². The summed E-state index contributed by atoms with van der Waals surface area (Å²) in [6.45, 7) is 4.19. The molecule has 0 fully saturated rings. The van der Waals surface area contributed by atoms with Crippen molar-refractivity contribution in [1.29, 1.82) is 0 Å². The van der Waals surface area contributed by atoms with Crippen molar-refractivity contribution in [3.05, 3.63) is 52.0 Å². The Balaban J connectivity index is 2.27. The summed E-state index contributed by atoms with van der Waals surface area (Å²) >= 11 is 3.38. The van der Waals surface area contributed by atoms with E-state index < -0.39 is 0 Å². The van der Waals surface area contributed by atoms with Gasteiger partial charge in [0, 0.05) is 15.8 Å². The molecule has 0 bridgehead atoms. The van der Waals surface area contributed by atoms with E-state index in [1.165, 1.54) is 16.5 Å². The maximum Gasteiger partial charge on any atom is 0.124 e. The third-order valence-electron chi connectivity index (χ3n) is 3.08. The number of hydrogen-bond donors (Lipinski definition) is 1. The van der Waals surface area contributed by atoms with Gasteiger partial charge in [0.2, 0.25) is 0 Å². The molecule has 0 aliphatic carbocycles. The molecule has 1 heterocycles. The molecule has 2 atom stereocenters. The van der Waals surface area contributed by atoms with E-state index in [0.29, 0.717) is 0 Å². The molecule has 0 spiro atoms. The van der Waals surface area contributed by atoms with Crippen LogP contribution >= 0.6 is 23.1 Å². The molecule has 1 aromatic heterocycles. The first-order valence-electron chi connectivity index (χ1n) is 6.33. The molecule has 2 rings (SSSR count). The Morgan fingerprint density at radius 2 is 2.16 bits per heavy atom. The number of thiophene rings is 1. The number of benzene rings is 1. The number of nitrogens with two attached hydrogens (primary N) is 1. The van der Waals surface area contributed by atoms with Crippen molar-refractivity contribution in [1.82, 2.24) is 0 Å². The molecule has 0 radical (unpaired) electrons. The van der Waals surface area contributed by atoms with Crippen LogP contribution in [0.2, 0.25) is 0 Å². The molecule has 19 heavy (non-hydrogen) atoms. The molecule has 0 saturated heterocycles. The first-order chi connectivity index (χ1) is 9.11. The Kier molecular flexibility index (Phi) is 5.02. The summed E-state index contributed by atoms with van der Waals surface area (Å²) in [5.41, 5.74) is 7.52. The number of rotatable bonds is 5. The number of thioether (sulfide) groups is 1. The normalized spacial score (nSPS) is 14.3. The van der Waals surface area contributed by atoms with Crippen LogP contribution in [0.5, 0.6) is 0 Å². The molecular formula is C15H18FNS2. The van der Waals surface area contributed by atoms with Gasteiger partial charge in [0.25, 0.3) is 0 Å². The second kappa shape index (κ2) is 6.55. The summed E-state index contributed by atoms with van der Waals surface area (Å²) in [4.78, 5) is 2.23. The van der Waals surface area contributed by atoms with E-state index in [-0.39, 0.29) is 17.1 Å². The lowest BCUT2D eigenvalue weighted by molar-refractivity contribution is 0.622. The molecule has 4 heteroatoms. The van der Waals surface area contributed by atoms with Crippen LogP contribution in [-0.2, 0) is 0 Å². The van der Waals surface area contributed by atoms with Crippen LogP contribution in [0.15, 0.2) is 40.6 Å². The first kappa shape index (κ1) is 14.6. The molecule has 2 N–H and O–H groups in total. The van der Waals surface area contributed by atoms with Crippen LogP contribution in [0.25, 0.3) is 0 Å². The van der Waals surface area contributed by atoms with Crippen molar-refractivity contribution in [3.8, 4) is 0 Å². The van der Waals surface area contributed by atoms with Crippen LogP contribution in [0.4, 0.5) is 4.39 Å². The lowest BCUT2D eigenvalue weighted by Crippen LogP contribution is -2.25. The number of hydrogen-bond acceptors (Lipinski definition) is 3. The Morgan fingerprint density at radius 1 is 1.37 bits per heavy atom. The molecule has 1 nitrogen and oxygen atoms in total. The molecule has 0 aliphatic rings. The SMILES string of the molecule is CCC(N)C(Sc1cccc(F)c1)c1sccc1C. The Bertz CT molecular complexity index is 538. The molecule has 2 aromatic rings. The lowest BCUT2D eigenvalue weighted by Gasteiger charge is -2.22. The van der Waals surface area contributed by atoms with E-state index in [9.17, 15) is 4.39 Å². The maximum absolute atomic E-state index is 13.3. The standard InChI is InChI=1S/C15H18FNS2/c1-3-13(17)15(14-10(2)7-8-18-14)19-12-6-4-5-11(16)9-12/h4-9,13,15H,3,17H2,1-2H3. The van der Waals surface area contributed by atoms with Crippen molar-refractivity contribution >= 4 is 23.1 Å². The molecule has 0 amide bonds. The van der Waals surface area contributed by atoms with Gasteiger partial charge in [0.1, 0.15) is 5.82 Å². The molecule has 102 valence electrons. The number of aryl methyl sites for hydroxylation is 1. The van der Waals surface area contributed by atoms with Gasteiger partial charge < -0.3 is 5.73 Å². The fourth-order valence-corrected chi connectivity index (χ4v) is 4.50. The van der Waals surface area contributed by atoms with Gasteiger partial charge in [-0.05, 0) is 48.6 Å². The lowest BCUT2D eigenvalue weighted by atomic mass is 10.1. The smallest absolute Gasteiger partial charge is 0.124 e. The second-order valence-corrected chi connectivity index (χ2v) is 6.70. The van der Waals surface area contributed by atoms with Gasteiger partial charge in [-0.3, -0.25) is 0 Å². The molecule has 1 aromatic carbocycles. The highest BCUT2D eigenvalue weighted by atomic mass is 32.2. The van der Waals surface area contributed by atoms with Crippen LogP contribution in [-0.4, -0.2) is 6.04 Å². The zero-order valence-corrected chi connectivity index (χ0v) is 12.7. The van der Waals surface area contributed by atoms with Gasteiger partial charge in [0.15, 0.2) is 0 Å². The van der Waals surface area contributed by atoms with E-state index in [1.54, 1.807) is 35.2 Å². The zero-order chi connectivity index (χ0) is 13.8. The van der Waals surface area contributed by atoms with E-state index >= 15 is 0 Å². The minimum atomic E-state index is -0.197. The minimum Gasteiger partial charge on any atom is -0.326 e. The van der Waals surface area contributed by atoms with E-state index in [2.05, 4.69) is 25.3 Å². The van der Waals surface area contributed by atoms with Crippen molar-refractivity contribution in [2.24, 2.45) is 5.73 Å². The highest BCUT2D eigenvalue weighted by Gasteiger charge is 2.22. The second-order valence-electron chi connectivity index (χ2n) is 4.54. The Morgan fingerprint density at radius 3 is 2.74 bits per heavy atom. The third kappa shape index (κ3) is 3.59. The average Bonchev–Trinajstić information content (AvgIpc) is 2.81. The van der Waals surface area contributed by atoms with Gasteiger partial charge in [0.05, 0.1) is 5.25 Å². The van der Waals surface area contributed by atoms with Crippen LogP contribution in [0.3, 0.4) is 0 Å². The number of halogens is 1. The fraction of sp³-hybridized carbons (Fsp3) is 0.333. The topological polar surface area (TPSA) is 26.0 Å². The summed E-state index contributed by atoms with van der Waals surface area (Å²) in [6.07, 6.45) is 0.907. The van der Waals surface area contributed by atoms with Crippen LogP contribution in [0, 0.1) is 12.7 Å². The van der Waals surface area contributed by atoms with Crippen molar-refractivity contribution < 1.29 is 4.39 Å². The third-order valence-corrected chi connectivity index (χ3v) is 5.70. The molecule has 0 saturated carbocycles. The van der Waals surface area contributed by atoms with Crippen molar-refractivity contribution in [3.63, 3.8) is 0 Å². The zero-order valence-electron chi connectivity index (χ0n) is 11.1. The maximum atomic E-state index is 13.3. The van der Waals surface area contributed by atoms with E-state index in [4.69, 9.17) is 5.73 Å². The summed E-state index contributed by atoms with van der Waals surface area (Å²) < 4.78 is 13.3. The fourth-order valence-electron chi connectivity index (χ4n) is 1.91. The van der Waals surface area contributed by atoms with Gasteiger partial charge in [-0.25, -0.2) is 4.39 Å². The predicted molar refractivity (Wildman–Crippen MR) is 82.3 cm³/mol. The first-order valence-corrected chi connectivity index (χ1v) is 8.09. The highest BCUT2D eigenvalue weighted by Crippen LogP contribution is 2.41. The quantitative estimate of drug-likeness (QED) is 0.804. The van der Waals surface area contributed by atoms with Gasteiger partial charge >= 0.3 is 0 Å². The summed E-state index contributed by atoms with van der Waals surface area (Å²) in [7, 11) is 0. The van der Waals surface area contributed by atoms with Gasteiger partial charge in [-0.1, -0.05) is 13.0 Å². The van der Waals surface area contributed by atoms with Crippen molar-refractivity contribution in [2.75, 3.05) is 0 Å². The van der Waals surface area contributed by atoms with Gasteiger partial charge in [-0.2, -0.15) is 0 Å². The predicted octanol–water partition coefficient (Wildman–Crippen LogP) is 4.77. The summed E-state index contributed by atoms with van der Waals surface area (Å²) in [5, 5.41) is 2.28. The average molecular weight is 295 g/mol. The van der Waals surface area contributed by atoms with Crippen LogP contribution in [0.1, 0.15) is 29.0 Å². The van der Waals surface area contributed by atoms with E-state index in [1.807, 2.05) is 6.07 Å². The summed E-state index contributed by atoms with van der Waals surface area (Å²) in [5.74, 6) is -0.197. The molecule has 0 aliphatic heterocycles. The van der Waals surface area contributed by atoms with Crippen LogP contribution < -0.4 is 5.73 Å². The molecular weight excluding hydrogens is 277 g/mol. The summed E-state index contributed by atoms with van der Waals surface area (Å²) in [6, 6.07) is 8.91. The largest absolute Gasteiger partial charge is 0.326 e. The highest BCUT2D eigenvalue weighted by molar-refractivity contribution is 7.99. The Hall–Kier alpha value is -0.840. The monoisotopic (exact) mass is 295 g/mol. The van der Waals surface area contributed by atoms with E-state index in [0.717, 1.165) is 11.3 Å². The molecule has 2 unspecified atom stereocenters. The van der Waals surface area contributed by atoms with Crippen molar-refractivity contribution in [2.45, 2.75) is 36.5 Å². The minimum absolute atomic E-state index is 0.0746.